The van der Waals surface area contributed by atoms with E-state index in [4.69, 9.17) is 5.11 Å². The summed E-state index contributed by atoms with van der Waals surface area (Å²) in [6.07, 6.45) is 0. The van der Waals surface area contributed by atoms with Gasteiger partial charge in [-0.15, -0.1) is 0 Å². The molecule has 0 aromatic rings. The SMILES string of the molecule is O=C(O)C1CNCCN1CCF. The van der Waals surface area contributed by atoms with Crippen LogP contribution in [0.3, 0.4) is 0 Å². The van der Waals surface area contributed by atoms with Gasteiger partial charge in [-0.25, -0.2) is 4.39 Å². The van der Waals surface area contributed by atoms with Crippen LogP contribution >= 0.6 is 0 Å². The molecule has 4 nitrogen and oxygen atoms in total. The first-order chi connectivity index (χ1) is 5.75. The van der Waals surface area contributed by atoms with Crippen LogP contribution in [0.25, 0.3) is 0 Å². The highest BCUT2D eigenvalue weighted by molar-refractivity contribution is 5.73. The number of alkyl halides is 1. The molecule has 5 heteroatoms. The van der Waals surface area contributed by atoms with Crippen molar-refractivity contribution in [3.8, 4) is 0 Å². The number of nitrogens with one attached hydrogen (secondary N) is 1. The first-order valence-electron chi connectivity index (χ1n) is 3.99. The van der Waals surface area contributed by atoms with Gasteiger partial charge in [-0.1, -0.05) is 0 Å². The van der Waals surface area contributed by atoms with Crippen LogP contribution in [0.15, 0.2) is 0 Å². The van der Waals surface area contributed by atoms with Crippen LogP contribution in [-0.2, 0) is 4.79 Å². The fraction of sp³-hybridized carbons (Fsp3) is 0.857. The number of carbonyl (C=O) groups is 1. The summed E-state index contributed by atoms with van der Waals surface area (Å²) in [4.78, 5) is 12.3. The molecule has 0 amide bonds. The Kier molecular flexibility index (Phi) is 3.43. The number of hydrogen-bond acceptors (Lipinski definition) is 3. The van der Waals surface area contributed by atoms with E-state index in [1.807, 2.05) is 0 Å². The van der Waals surface area contributed by atoms with E-state index in [2.05, 4.69) is 5.32 Å². The molecule has 1 fully saturated rings. The molecule has 0 aromatic carbocycles. The van der Waals surface area contributed by atoms with Gasteiger partial charge in [0, 0.05) is 26.2 Å². The van der Waals surface area contributed by atoms with Crippen molar-refractivity contribution in [2.75, 3.05) is 32.9 Å². The standard InChI is InChI=1S/C7H13FN2O2/c8-1-3-10-4-2-9-5-6(10)7(11)12/h6,9H,1-5H2,(H,11,12). The van der Waals surface area contributed by atoms with Crippen LogP contribution in [-0.4, -0.2) is 54.9 Å². The van der Waals surface area contributed by atoms with Crippen LogP contribution in [0, 0.1) is 0 Å². The average Bonchev–Trinajstić information content (AvgIpc) is 2.05. The zero-order chi connectivity index (χ0) is 8.97. The first kappa shape index (κ1) is 9.41. The number of carboxylic acid groups (broad SMARTS) is 1. The van der Waals surface area contributed by atoms with Gasteiger partial charge in [-0.2, -0.15) is 0 Å². The summed E-state index contributed by atoms with van der Waals surface area (Å²) in [7, 11) is 0. The third kappa shape index (κ3) is 2.15. The van der Waals surface area contributed by atoms with Gasteiger partial charge in [0.2, 0.25) is 0 Å². The Morgan fingerprint density at radius 1 is 1.75 bits per heavy atom. The van der Waals surface area contributed by atoms with Gasteiger partial charge >= 0.3 is 5.97 Å². The molecule has 0 bridgehead atoms. The van der Waals surface area contributed by atoms with Crippen LogP contribution in [0.4, 0.5) is 4.39 Å². The van der Waals surface area contributed by atoms with Gasteiger partial charge in [-0.3, -0.25) is 9.69 Å². The smallest absolute Gasteiger partial charge is 0.322 e. The Hall–Kier alpha value is -0.680. The molecule has 12 heavy (non-hydrogen) atoms. The molecule has 0 aliphatic carbocycles. The quantitative estimate of drug-likeness (QED) is 0.598. The molecule has 1 aliphatic rings. The Labute approximate surface area is 70.4 Å². The van der Waals surface area contributed by atoms with Crippen LogP contribution < -0.4 is 5.32 Å². The van der Waals surface area contributed by atoms with Crippen molar-refractivity contribution in [2.24, 2.45) is 0 Å². The first-order valence-corrected chi connectivity index (χ1v) is 3.99. The second-order valence-electron chi connectivity index (χ2n) is 2.78. The third-order valence-electron chi connectivity index (χ3n) is 2.01. The van der Waals surface area contributed by atoms with E-state index in [9.17, 15) is 9.18 Å². The van der Waals surface area contributed by atoms with Gasteiger partial charge in [0.15, 0.2) is 0 Å². The highest BCUT2D eigenvalue weighted by Gasteiger charge is 2.27. The summed E-state index contributed by atoms with van der Waals surface area (Å²) in [5, 5.41) is 11.7. The lowest BCUT2D eigenvalue weighted by atomic mass is 10.2. The van der Waals surface area contributed by atoms with Crippen molar-refractivity contribution < 1.29 is 14.3 Å². The highest BCUT2D eigenvalue weighted by atomic mass is 19.1. The van der Waals surface area contributed by atoms with Crippen molar-refractivity contribution in [3.63, 3.8) is 0 Å². The number of hydrogen-bond donors (Lipinski definition) is 2. The summed E-state index contributed by atoms with van der Waals surface area (Å²) in [5.41, 5.74) is 0. The number of rotatable bonds is 3. The van der Waals surface area contributed by atoms with Gasteiger partial charge in [0.25, 0.3) is 0 Å². The Morgan fingerprint density at radius 3 is 3.08 bits per heavy atom. The molecular weight excluding hydrogens is 163 g/mol. The maximum Gasteiger partial charge on any atom is 0.322 e. The molecule has 0 spiro atoms. The zero-order valence-electron chi connectivity index (χ0n) is 6.79. The number of halogens is 1. The molecule has 0 saturated carbocycles. The zero-order valence-corrected chi connectivity index (χ0v) is 6.79. The van der Waals surface area contributed by atoms with Crippen molar-refractivity contribution in [1.29, 1.82) is 0 Å². The van der Waals surface area contributed by atoms with E-state index in [1.165, 1.54) is 0 Å². The maximum absolute atomic E-state index is 12.0. The Balaban J connectivity index is 2.48. The van der Waals surface area contributed by atoms with Gasteiger partial charge in [0.1, 0.15) is 12.7 Å². The van der Waals surface area contributed by atoms with Crippen molar-refractivity contribution in [1.82, 2.24) is 10.2 Å². The van der Waals surface area contributed by atoms with Crippen LogP contribution in [0.2, 0.25) is 0 Å². The molecule has 1 unspecified atom stereocenters. The second-order valence-corrected chi connectivity index (χ2v) is 2.78. The summed E-state index contributed by atoms with van der Waals surface area (Å²) >= 11 is 0. The van der Waals surface area contributed by atoms with E-state index in [1.54, 1.807) is 4.90 Å². The van der Waals surface area contributed by atoms with Gasteiger partial charge in [0.05, 0.1) is 0 Å². The molecule has 1 heterocycles. The van der Waals surface area contributed by atoms with Gasteiger partial charge < -0.3 is 10.4 Å². The molecular formula is C7H13FN2O2. The molecule has 1 atom stereocenters. The predicted octanol–water partition coefficient (Wildman–Crippen LogP) is -0.686. The second kappa shape index (κ2) is 4.37. The summed E-state index contributed by atoms with van der Waals surface area (Å²) in [5.74, 6) is -0.879. The monoisotopic (exact) mass is 176 g/mol. The largest absolute Gasteiger partial charge is 0.480 e. The van der Waals surface area contributed by atoms with E-state index in [0.29, 0.717) is 13.1 Å². The number of piperazine rings is 1. The molecule has 70 valence electrons. The minimum atomic E-state index is -0.879. The number of aliphatic carboxylic acids is 1. The highest BCUT2D eigenvalue weighted by Crippen LogP contribution is 2.02. The fourth-order valence-electron chi connectivity index (χ4n) is 1.37. The Bertz CT molecular complexity index is 163. The maximum atomic E-state index is 12.0. The lowest BCUT2D eigenvalue weighted by molar-refractivity contribution is -0.143. The average molecular weight is 176 g/mol. The van der Waals surface area contributed by atoms with Crippen molar-refractivity contribution in [2.45, 2.75) is 6.04 Å². The molecule has 1 saturated heterocycles. The molecule has 2 N–H and O–H groups in total. The topological polar surface area (TPSA) is 52.6 Å². The third-order valence-corrected chi connectivity index (χ3v) is 2.01. The minimum absolute atomic E-state index is 0.221. The summed E-state index contributed by atoms with van der Waals surface area (Å²) in [6, 6.07) is -0.561. The Morgan fingerprint density at radius 2 is 2.50 bits per heavy atom. The summed E-state index contributed by atoms with van der Waals surface area (Å²) < 4.78 is 12.0. The van der Waals surface area contributed by atoms with Crippen molar-refractivity contribution >= 4 is 5.97 Å². The van der Waals surface area contributed by atoms with Gasteiger partial charge in [-0.05, 0) is 0 Å². The molecule has 0 aromatic heterocycles. The molecule has 0 radical (unpaired) electrons. The minimum Gasteiger partial charge on any atom is -0.480 e. The van der Waals surface area contributed by atoms with E-state index < -0.39 is 18.7 Å². The van der Waals surface area contributed by atoms with Crippen LogP contribution in [0.5, 0.6) is 0 Å². The lowest BCUT2D eigenvalue weighted by Gasteiger charge is -2.32. The molecule has 1 rings (SSSR count). The van der Waals surface area contributed by atoms with E-state index >= 15 is 0 Å². The predicted molar refractivity (Wildman–Crippen MR) is 41.8 cm³/mol. The lowest BCUT2D eigenvalue weighted by Crippen LogP contribution is -2.55. The normalized spacial score (nSPS) is 25.6. The van der Waals surface area contributed by atoms with E-state index in [0.717, 1.165) is 6.54 Å². The number of carboxylic acids is 1. The molecule has 1 aliphatic heterocycles. The summed E-state index contributed by atoms with van der Waals surface area (Å²) in [6.45, 7) is 1.50. The number of nitrogens with zero attached hydrogens (tertiary/aromatic N) is 1. The van der Waals surface area contributed by atoms with Crippen LogP contribution in [0.1, 0.15) is 0 Å². The van der Waals surface area contributed by atoms with E-state index in [-0.39, 0.29) is 6.54 Å². The van der Waals surface area contributed by atoms with Crippen molar-refractivity contribution in [3.05, 3.63) is 0 Å². The fourth-order valence-corrected chi connectivity index (χ4v) is 1.37.